The highest BCUT2D eigenvalue weighted by molar-refractivity contribution is 5.88. The first-order chi connectivity index (χ1) is 21.1. The van der Waals surface area contributed by atoms with Crippen molar-refractivity contribution in [3.05, 3.63) is 126 Å². The van der Waals surface area contributed by atoms with Crippen molar-refractivity contribution in [2.75, 3.05) is 11.5 Å². The first kappa shape index (κ1) is 28.0. The van der Waals surface area contributed by atoms with Crippen molar-refractivity contribution >= 4 is 33.5 Å². The molecule has 6 rings (SSSR count). The first-order valence-corrected chi connectivity index (χ1v) is 14.7. The van der Waals surface area contributed by atoms with Crippen LogP contribution in [0.3, 0.4) is 0 Å². The van der Waals surface area contributed by atoms with Crippen LogP contribution in [0.25, 0.3) is 33.3 Å². The lowest BCUT2D eigenvalue weighted by molar-refractivity contribution is -0.137. The predicted molar refractivity (Wildman–Crippen MR) is 171 cm³/mol. The van der Waals surface area contributed by atoms with Crippen LogP contribution in [0.15, 0.2) is 120 Å². The van der Waals surface area contributed by atoms with Crippen molar-refractivity contribution in [1.82, 2.24) is 4.98 Å². The summed E-state index contributed by atoms with van der Waals surface area (Å²) in [6.07, 6.45) is 2.56. The highest BCUT2D eigenvalue weighted by Crippen LogP contribution is 2.31. The number of aliphatic carboxylic acids is 1. The molecule has 0 spiro atoms. The number of carboxylic acid groups (broad SMARTS) is 1. The highest BCUT2D eigenvalue weighted by Gasteiger charge is 2.14. The van der Waals surface area contributed by atoms with Gasteiger partial charge in [-0.2, -0.15) is 0 Å². The third kappa shape index (κ3) is 7.22. The first-order valence-electron chi connectivity index (χ1n) is 14.7. The molecule has 0 aliphatic carbocycles. The van der Waals surface area contributed by atoms with Gasteiger partial charge < -0.3 is 19.2 Å². The van der Waals surface area contributed by atoms with Crippen molar-refractivity contribution in [2.24, 2.45) is 0 Å². The van der Waals surface area contributed by atoms with Gasteiger partial charge in [0.05, 0.1) is 6.61 Å². The van der Waals surface area contributed by atoms with E-state index in [-0.39, 0.29) is 6.42 Å². The van der Waals surface area contributed by atoms with E-state index in [2.05, 4.69) is 77.7 Å². The van der Waals surface area contributed by atoms with Crippen molar-refractivity contribution in [3.63, 3.8) is 0 Å². The van der Waals surface area contributed by atoms with Crippen LogP contribution in [0.4, 0.5) is 5.69 Å². The number of ether oxygens (including phenoxy) is 1. The lowest BCUT2D eigenvalue weighted by Crippen LogP contribution is -2.22. The quantitative estimate of drug-likeness (QED) is 0.140. The molecule has 0 aliphatic rings. The van der Waals surface area contributed by atoms with Crippen LogP contribution >= 0.6 is 0 Å². The normalized spacial score (nSPS) is 11.2. The predicted octanol–water partition coefficient (Wildman–Crippen LogP) is 8.88. The van der Waals surface area contributed by atoms with Crippen LogP contribution < -0.4 is 9.64 Å². The Morgan fingerprint density at radius 3 is 2.16 bits per heavy atom. The molecule has 0 atom stereocenters. The summed E-state index contributed by atoms with van der Waals surface area (Å²) < 4.78 is 12.2. The summed E-state index contributed by atoms with van der Waals surface area (Å²) in [5.74, 6) is 0.651. The number of nitrogens with zero attached hydrogens (tertiary/aromatic N) is 2. The molecule has 1 aromatic heterocycles. The fourth-order valence-corrected chi connectivity index (χ4v) is 5.27. The average molecular weight is 571 g/mol. The molecule has 0 amide bonds. The van der Waals surface area contributed by atoms with E-state index in [0.717, 1.165) is 64.8 Å². The number of unbranched alkanes of at least 4 members (excludes halogenated alkanes) is 2. The number of oxazole rings is 1. The van der Waals surface area contributed by atoms with E-state index in [1.165, 1.54) is 11.1 Å². The molecule has 216 valence electrons. The van der Waals surface area contributed by atoms with Crippen LogP contribution in [0, 0.1) is 0 Å². The van der Waals surface area contributed by atoms with Crippen LogP contribution in [0.5, 0.6) is 5.75 Å². The molecule has 0 fully saturated rings. The molecule has 0 saturated heterocycles. The Morgan fingerprint density at radius 1 is 0.744 bits per heavy atom. The van der Waals surface area contributed by atoms with E-state index in [1.54, 1.807) is 0 Å². The largest absolute Gasteiger partial charge is 0.494 e. The Hall–Kier alpha value is -5.10. The molecule has 6 aromatic rings. The fourth-order valence-electron chi connectivity index (χ4n) is 5.27. The van der Waals surface area contributed by atoms with Crippen molar-refractivity contribution < 1.29 is 19.1 Å². The SMILES string of the molecule is O=C(O)CCCCCOc1ccc2cc(-c3nc4ccc(N(Cc5ccccc5)Cc5ccccc5)cc4o3)ccc2c1. The second kappa shape index (κ2) is 13.3. The van der Waals surface area contributed by atoms with Gasteiger partial charge >= 0.3 is 5.97 Å². The molecule has 0 saturated carbocycles. The van der Waals surface area contributed by atoms with Gasteiger partial charge in [-0.15, -0.1) is 0 Å². The summed E-state index contributed by atoms with van der Waals surface area (Å²) in [5, 5.41) is 10.9. The van der Waals surface area contributed by atoms with Crippen molar-refractivity contribution in [3.8, 4) is 17.2 Å². The van der Waals surface area contributed by atoms with Gasteiger partial charge in [0.2, 0.25) is 5.89 Å². The van der Waals surface area contributed by atoms with E-state index in [0.29, 0.717) is 18.9 Å². The molecule has 0 unspecified atom stereocenters. The number of carbonyl (C=O) groups is 1. The monoisotopic (exact) mass is 570 g/mol. The van der Waals surface area contributed by atoms with Crippen LogP contribution in [0.1, 0.15) is 36.8 Å². The standard InChI is InChI=1S/C37H34N2O4/c40-36(41)14-8-3-9-21-42-33-19-17-29-22-31(16-15-30(29)23-33)37-38-34-20-18-32(24-35(34)43-37)39(25-27-10-4-1-5-11-27)26-28-12-6-2-7-13-28/h1-2,4-7,10-13,15-20,22-24H,3,8-9,14,21,25-26H2,(H,40,41). The third-order valence-corrected chi connectivity index (χ3v) is 7.53. The zero-order valence-electron chi connectivity index (χ0n) is 24.0. The third-order valence-electron chi connectivity index (χ3n) is 7.53. The number of aromatic nitrogens is 1. The van der Waals surface area contributed by atoms with Gasteiger partial charge in [-0.05, 0) is 77.6 Å². The molecule has 0 aliphatic heterocycles. The van der Waals surface area contributed by atoms with Crippen LogP contribution in [-0.2, 0) is 17.9 Å². The number of benzene rings is 5. The van der Waals surface area contributed by atoms with E-state index >= 15 is 0 Å². The number of rotatable bonds is 13. The molecule has 5 aromatic carbocycles. The van der Waals surface area contributed by atoms with Gasteiger partial charge in [0.1, 0.15) is 11.3 Å². The van der Waals surface area contributed by atoms with E-state index in [4.69, 9.17) is 19.2 Å². The maximum Gasteiger partial charge on any atom is 0.303 e. The van der Waals surface area contributed by atoms with Crippen molar-refractivity contribution in [1.29, 1.82) is 0 Å². The van der Waals surface area contributed by atoms with E-state index in [1.807, 2.05) is 42.5 Å². The van der Waals surface area contributed by atoms with E-state index < -0.39 is 5.97 Å². The second-order valence-corrected chi connectivity index (χ2v) is 10.8. The smallest absolute Gasteiger partial charge is 0.303 e. The lowest BCUT2D eigenvalue weighted by atomic mass is 10.1. The minimum atomic E-state index is -0.748. The van der Waals surface area contributed by atoms with Crippen molar-refractivity contribution in [2.45, 2.75) is 38.8 Å². The number of fused-ring (bicyclic) bond motifs is 2. The number of carboxylic acids is 1. The molecule has 1 heterocycles. The van der Waals surface area contributed by atoms with Gasteiger partial charge in [0.25, 0.3) is 0 Å². The maximum atomic E-state index is 10.6. The van der Waals surface area contributed by atoms with Crippen LogP contribution in [-0.4, -0.2) is 22.7 Å². The Kier molecular flexibility index (Phi) is 8.64. The summed E-state index contributed by atoms with van der Waals surface area (Å²) in [5.41, 5.74) is 6.07. The lowest BCUT2D eigenvalue weighted by Gasteiger charge is -2.25. The van der Waals surface area contributed by atoms with E-state index in [9.17, 15) is 4.79 Å². The molecule has 6 nitrogen and oxygen atoms in total. The Balaban J connectivity index is 1.19. The van der Waals surface area contributed by atoms with Crippen LogP contribution in [0.2, 0.25) is 0 Å². The Morgan fingerprint density at radius 2 is 1.44 bits per heavy atom. The van der Waals surface area contributed by atoms with Gasteiger partial charge in [0.15, 0.2) is 5.58 Å². The molecule has 0 bridgehead atoms. The van der Waals surface area contributed by atoms with Gasteiger partial charge in [-0.1, -0.05) is 72.8 Å². The summed E-state index contributed by atoms with van der Waals surface area (Å²) >= 11 is 0. The molecule has 6 heteroatoms. The fraction of sp³-hybridized carbons (Fsp3) is 0.189. The molecular formula is C37H34N2O4. The Labute approximate surface area is 251 Å². The average Bonchev–Trinajstić information content (AvgIpc) is 3.47. The number of hydrogen-bond acceptors (Lipinski definition) is 5. The number of anilines is 1. The summed E-state index contributed by atoms with van der Waals surface area (Å²) in [6.45, 7) is 2.13. The molecule has 1 N–H and O–H groups in total. The molecule has 0 radical (unpaired) electrons. The van der Waals surface area contributed by atoms with Gasteiger partial charge in [-0.25, -0.2) is 4.98 Å². The number of hydrogen-bond donors (Lipinski definition) is 1. The minimum absolute atomic E-state index is 0.209. The molecular weight excluding hydrogens is 536 g/mol. The summed E-state index contributed by atoms with van der Waals surface area (Å²) in [4.78, 5) is 17.8. The summed E-state index contributed by atoms with van der Waals surface area (Å²) in [7, 11) is 0. The van der Waals surface area contributed by atoms with Gasteiger partial charge in [-0.3, -0.25) is 4.79 Å². The Bertz CT molecular complexity index is 1770. The zero-order valence-corrected chi connectivity index (χ0v) is 24.0. The minimum Gasteiger partial charge on any atom is -0.494 e. The maximum absolute atomic E-state index is 10.6. The summed E-state index contributed by atoms with van der Waals surface area (Å²) in [6, 6.07) is 39.5. The zero-order chi connectivity index (χ0) is 29.4. The van der Waals surface area contributed by atoms with Gasteiger partial charge in [0, 0.05) is 36.8 Å². The highest BCUT2D eigenvalue weighted by atomic mass is 16.5. The topological polar surface area (TPSA) is 75.8 Å². The second-order valence-electron chi connectivity index (χ2n) is 10.8. The molecule has 43 heavy (non-hydrogen) atoms.